The monoisotopic (exact) mass is 330 g/mol. The van der Waals surface area contributed by atoms with Crippen molar-refractivity contribution in [1.29, 1.82) is 0 Å². The van der Waals surface area contributed by atoms with Crippen molar-refractivity contribution in [2.45, 2.75) is 12.8 Å². The molecule has 1 atom stereocenters. The first-order chi connectivity index (χ1) is 7.18. The molecule has 2 aromatic rings. The van der Waals surface area contributed by atoms with E-state index in [1.54, 1.807) is 23.5 Å². The zero-order valence-electron chi connectivity index (χ0n) is 8.27. The molecule has 0 amide bonds. The number of rotatable bonds is 2. The lowest BCUT2D eigenvalue weighted by Crippen LogP contribution is -1.95. The molecule has 1 heterocycles. The molecule has 0 aliphatic heterocycles. The van der Waals surface area contributed by atoms with Gasteiger partial charge in [0.25, 0.3) is 0 Å². The van der Waals surface area contributed by atoms with Crippen LogP contribution in [0.1, 0.15) is 23.3 Å². The molecule has 1 unspecified atom stereocenters. The highest BCUT2D eigenvalue weighted by Gasteiger charge is 2.12. The lowest BCUT2D eigenvalue weighted by molar-refractivity contribution is 0.474. The standard InChI is InChI=1S/C12H11IOS/c1-8(12-3-2-6-15-12)10-5-4-9(14)7-11(10)13/h2-8,14H,1H3. The summed E-state index contributed by atoms with van der Waals surface area (Å²) in [6.07, 6.45) is 0. The summed E-state index contributed by atoms with van der Waals surface area (Å²) in [5.74, 6) is 0.735. The summed E-state index contributed by atoms with van der Waals surface area (Å²) in [5.41, 5.74) is 1.27. The summed E-state index contributed by atoms with van der Waals surface area (Å²) in [4.78, 5) is 1.36. The Morgan fingerprint density at radius 3 is 2.73 bits per heavy atom. The first-order valence-corrected chi connectivity index (χ1v) is 6.66. The van der Waals surface area contributed by atoms with Gasteiger partial charge in [-0.15, -0.1) is 11.3 Å². The molecule has 2 rings (SSSR count). The Morgan fingerprint density at radius 2 is 2.13 bits per heavy atom. The summed E-state index contributed by atoms with van der Waals surface area (Å²) < 4.78 is 1.12. The van der Waals surface area contributed by atoms with Crippen LogP contribution in [0, 0.1) is 3.57 Å². The van der Waals surface area contributed by atoms with Crippen molar-refractivity contribution in [3.63, 3.8) is 0 Å². The van der Waals surface area contributed by atoms with Crippen molar-refractivity contribution >= 4 is 33.9 Å². The number of hydrogen-bond acceptors (Lipinski definition) is 2. The van der Waals surface area contributed by atoms with Crippen LogP contribution >= 0.6 is 33.9 Å². The lowest BCUT2D eigenvalue weighted by Gasteiger charge is -2.12. The molecule has 1 aromatic heterocycles. The average molecular weight is 330 g/mol. The number of phenolic OH excluding ortho intramolecular Hbond substituents is 1. The van der Waals surface area contributed by atoms with Gasteiger partial charge in [-0.3, -0.25) is 0 Å². The number of phenols is 1. The minimum atomic E-state index is 0.335. The van der Waals surface area contributed by atoms with Crippen LogP contribution in [0.3, 0.4) is 0 Å². The van der Waals surface area contributed by atoms with Crippen LogP contribution in [-0.4, -0.2) is 5.11 Å². The number of benzene rings is 1. The van der Waals surface area contributed by atoms with Crippen LogP contribution in [0.2, 0.25) is 0 Å². The van der Waals surface area contributed by atoms with Gasteiger partial charge in [0, 0.05) is 14.4 Å². The zero-order valence-corrected chi connectivity index (χ0v) is 11.2. The molecule has 0 radical (unpaired) electrons. The molecular formula is C12H11IOS. The van der Waals surface area contributed by atoms with Gasteiger partial charge in [-0.2, -0.15) is 0 Å². The minimum absolute atomic E-state index is 0.335. The van der Waals surface area contributed by atoms with Crippen molar-refractivity contribution in [3.05, 3.63) is 49.7 Å². The van der Waals surface area contributed by atoms with E-state index in [1.165, 1.54) is 10.4 Å². The summed E-state index contributed by atoms with van der Waals surface area (Å²) >= 11 is 4.04. The number of thiophene rings is 1. The van der Waals surface area contributed by atoms with E-state index >= 15 is 0 Å². The Kier molecular flexibility index (Phi) is 3.31. The largest absolute Gasteiger partial charge is 0.508 e. The van der Waals surface area contributed by atoms with Gasteiger partial charge in [0.1, 0.15) is 5.75 Å². The third-order valence-electron chi connectivity index (χ3n) is 2.42. The fourth-order valence-corrected chi connectivity index (χ4v) is 3.33. The van der Waals surface area contributed by atoms with Gasteiger partial charge in [0.15, 0.2) is 0 Å². The maximum Gasteiger partial charge on any atom is 0.116 e. The molecule has 0 aliphatic carbocycles. The van der Waals surface area contributed by atoms with Crippen LogP contribution < -0.4 is 0 Å². The van der Waals surface area contributed by atoms with Gasteiger partial charge >= 0.3 is 0 Å². The van der Waals surface area contributed by atoms with E-state index in [-0.39, 0.29) is 0 Å². The first kappa shape index (κ1) is 11.0. The predicted molar refractivity (Wildman–Crippen MR) is 72.7 cm³/mol. The Balaban J connectivity index is 2.38. The third kappa shape index (κ3) is 2.34. The van der Waals surface area contributed by atoms with E-state index in [0.717, 1.165) is 3.57 Å². The van der Waals surface area contributed by atoms with E-state index in [2.05, 4.69) is 47.0 Å². The van der Waals surface area contributed by atoms with E-state index in [0.29, 0.717) is 11.7 Å². The quantitative estimate of drug-likeness (QED) is 0.818. The van der Waals surface area contributed by atoms with Crippen molar-refractivity contribution in [3.8, 4) is 5.75 Å². The highest BCUT2D eigenvalue weighted by Crippen LogP contribution is 2.32. The SMILES string of the molecule is CC(c1cccs1)c1ccc(O)cc1I. The predicted octanol–water partition coefficient (Wildman–Crippen LogP) is 4.21. The molecule has 3 heteroatoms. The molecule has 15 heavy (non-hydrogen) atoms. The van der Waals surface area contributed by atoms with Gasteiger partial charge < -0.3 is 5.11 Å². The average Bonchev–Trinajstić information content (AvgIpc) is 2.69. The van der Waals surface area contributed by atoms with Gasteiger partial charge in [0.2, 0.25) is 0 Å². The van der Waals surface area contributed by atoms with Gasteiger partial charge in [-0.05, 0) is 51.7 Å². The topological polar surface area (TPSA) is 20.2 Å². The van der Waals surface area contributed by atoms with Crippen LogP contribution in [0.15, 0.2) is 35.7 Å². The van der Waals surface area contributed by atoms with E-state index in [1.807, 2.05) is 6.07 Å². The summed E-state index contributed by atoms with van der Waals surface area (Å²) in [6, 6.07) is 9.78. The highest BCUT2D eigenvalue weighted by atomic mass is 127. The number of aromatic hydroxyl groups is 1. The van der Waals surface area contributed by atoms with E-state index < -0.39 is 0 Å². The van der Waals surface area contributed by atoms with Gasteiger partial charge in [-0.1, -0.05) is 19.1 Å². The Bertz CT molecular complexity index is 451. The fourth-order valence-electron chi connectivity index (χ4n) is 1.56. The van der Waals surface area contributed by atoms with Crippen LogP contribution in [0.4, 0.5) is 0 Å². The van der Waals surface area contributed by atoms with Crippen molar-refractivity contribution in [2.75, 3.05) is 0 Å². The molecule has 0 aliphatic rings. The van der Waals surface area contributed by atoms with Crippen LogP contribution in [-0.2, 0) is 0 Å². The molecule has 1 N–H and O–H groups in total. The zero-order chi connectivity index (χ0) is 10.8. The second kappa shape index (κ2) is 4.53. The molecule has 1 nitrogen and oxygen atoms in total. The molecule has 0 saturated heterocycles. The summed E-state index contributed by atoms with van der Waals surface area (Å²) in [7, 11) is 0. The Morgan fingerprint density at radius 1 is 1.33 bits per heavy atom. The maximum atomic E-state index is 9.35. The number of hydrogen-bond donors (Lipinski definition) is 1. The molecule has 1 aromatic carbocycles. The van der Waals surface area contributed by atoms with Crippen LogP contribution in [0.5, 0.6) is 5.75 Å². The molecule has 0 saturated carbocycles. The summed E-state index contributed by atoms with van der Waals surface area (Å²) in [5, 5.41) is 11.4. The van der Waals surface area contributed by atoms with Crippen molar-refractivity contribution in [1.82, 2.24) is 0 Å². The first-order valence-electron chi connectivity index (χ1n) is 4.70. The van der Waals surface area contributed by atoms with E-state index in [4.69, 9.17) is 0 Å². The molecule has 0 fully saturated rings. The number of halogens is 1. The molecule has 0 spiro atoms. The van der Waals surface area contributed by atoms with Crippen molar-refractivity contribution < 1.29 is 5.11 Å². The third-order valence-corrected chi connectivity index (χ3v) is 4.41. The Labute approximate surface area is 107 Å². The molecule has 78 valence electrons. The molecule has 0 bridgehead atoms. The lowest BCUT2D eigenvalue weighted by atomic mass is 10.00. The fraction of sp³-hybridized carbons (Fsp3) is 0.167. The maximum absolute atomic E-state index is 9.35. The normalized spacial score (nSPS) is 12.7. The van der Waals surface area contributed by atoms with Crippen LogP contribution in [0.25, 0.3) is 0 Å². The van der Waals surface area contributed by atoms with Gasteiger partial charge in [0.05, 0.1) is 0 Å². The van der Waals surface area contributed by atoms with Gasteiger partial charge in [-0.25, -0.2) is 0 Å². The molecular weight excluding hydrogens is 319 g/mol. The highest BCUT2D eigenvalue weighted by molar-refractivity contribution is 14.1. The second-order valence-electron chi connectivity index (χ2n) is 3.44. The summed E-state index contributed by atoms with van der Waals surface area (Å²) in [6.45, 7) is 2.19. The Hall–Kier alpha value is -0.550. The van der Waals surface area contributed by atoms with Crippen molar-refractivity contribution in [2.24, 2.45) is 0 Å². The second-order valence-corrected chi connectivity index (χ2v) is 5.58. The minimum Gasteiger partial charge on any atom is -0.508 e. The smallest absolute Gasteiger partial charge is 0.116 e. The van der Waals surface area contributed by atoms with E-state index in [9.17, 15) is 5.11 Å².